The van der Waals surface area contributed by atoms with Crippen molar-refractivity contribution in [3.63, 3.8) is 0 Å². The van der Waals surface area contributed by atoms with Crippen LogP contribution < -0.4 is 10.2 Å². The van der Waals surface area contributed by atoms with Gasteiger partial charge in [-0.15, -0.1) is 0 Å². The average Bonchev–Trinajstić information content (AvgIpc) is 3.38. The Hall–Kier alpha value is -4.94. The van der Waals surface area contributed by atoms with Crippen LogP contribution in [0.5, 0.6) is 0 Å². The Morgan fingerprint density at radius 2 is 1.26 bits per heavy atom. The van der Waals surface area contributed by atoms with E-state index in [1.165, 1.54) is 28.9 Å². The number of nitrogens with one attached hydrogen (secondary N) is 1. The maximum atomic E-state index is 13.5. The largest absolute Gasteiger partial charge is 0.433 e. The Kier molecular flexibility index (Phi) is 8.53. The number of carbonyl (C=O) groups excluding carboxylic acids is 1. The number of unbranched alkanes of at least 4 members (excludes halogenated alkanes) is 1. The summed E-state index contributed by atoms with van der Waals surface area (Å²) in [6.45, 7) is 5.05. The summed E-state index contributed by atoms with van der Waals surface area (Å²) in [5.41, 5.74) is 7.57. The summed E-state index contributed by atoms with van der Waals surface area (Å²) in [6.07, 6.45) is 2.02. The smallest absolute Gasteiger partial charge is 0.412 e. The van der Waals surface area contributed by atoms with E-state index >= 15 is 0 Å². The molecular weight excluding hydrogens is 573 g/mol. The maximum Gasteiger partial charge on any atom is 0.412 e. The normalized spacial score (nSPS) is 15.2. The van der Waals surface area contributed by atoms with Gasteiger partial charge in [-0.2, -0.15) is 0 Å². The first kappa shape index (κ1) is 29.8. The van der Waals surface area contributed by atoms with Crippen molar-refractivity contribution in [1.29, 1.82) is 0 Å². The van der Waals surface area contributed by atoms with E-state index in [0.29, 0.717) is 12.1 Å². The van der Waals surface area contributed by atoms with Crippen molar-refractivity contribution in [3.8, 4) is 22.3 Å². The first-order valence-corrected chi connectivity index (χ1v) is 16.2. The molecule has 1 amide bonds. The van der Waals surface area contributed by atoms with Crippen LogP contribution in [0.15, 0.2) is 127 Å². The molecule has 7 rings (SSSR count). The highest BCUT2D eigenvalue weighted by Gasteiger charge is 2.46. The molecule has 0 atom stereocenters. The maximum absolute atomic E-state index is 13.5. The van der Waals surface area contributed by atoms with E-state index in [0.717, 1.165) is 67.8 Å². The molecule has 5 nitrogen and oxygen atoms in total. The summed E-state index contributed by atoms with van der Waals surface area (Å²) >= 11 is 0. The Morgan fingerprint density at radius 1 is 0.674 bits per heavy atom. The number of piperazine rings is 1. The first-order chi connectivity index (χ1) is 22.6. The van der Waals surface area contributed by atoms with Gasteiger partial charge in [0, 0.05) is 48.7 Å². The van der Waals surface area contributed by atoms with Gasteiger partial charge in [0.05, 0.1) is 0 Å². The van der Waals surface area contributed by atoms with Gasteiger partial charge in [0.25, 0.3) is 0 Å². The lowest BCUT2D eigenvalue weighted by Gasteiger charge is -2.36. The second-order valence-electron chi connectivity index (χ2n) is 12.1. The highest BCUT2D eigenvalue weighted by molar-refractivity contribution is 5.87. The number of anilines is 2. The lowest BCUT2D eigenvalue weighted by molar-refractivity contribution is 0.0426. The molecule has 1 aliphatic heterocycles. The van der Waals surface area contributed by atoms with Crippen LogP contribution in [0, 0.1) is 5.82 Å². The molecule has 1 aliphatic carbocycles. The third-order valence-electron chi connectivity index (χ3n) is 9.34. The number of fused-ring (bicyclic) bond motifs is 3. The van der Waals surface area contributed by atoms with Crippen LogP contribution in [0.3, 0.4) is 0 Å². The second kappa shape index (κ2) is 13.2. The minimum Gasteiger partial charge on any atom is -0.433 e. The van der Waals surface area contributed by atoms with Gasteiger partial charge >= 0.3 is 6.09 Å². The summed E-state index contributed by atoms with van der Waals surface area (Å²) < 4.78 is 19.9. The molecule has 0 bridgehead atoms. The first-order valence-electron chi connectivity index (χ1n) is 16.2. The minimum atomic E-state index is -0.901. The van der Waals surface area contributed by atoms with E-state index in [-0.39, 0.29) is 5.82 Å². The molecular formula is C40H38FN3O2. The van der Waals surface area contributed by atoms with Crippen molar-refractivity contribution in [1.82, 2.24) is 4.90 Å². The molecule has 0 saturated carbocycles. The van der Waals surface area contributed by atoms with Gasteiger partial charge in [-0.3, -0.25) is 10.2 Å². The lowest BCUT2D eigenvalue weighted by Crippen LogP contribution is -2.46. The van der Waals surface area contributed by atoms with Crippen LogP contribution in [0.2, 0.25) is 0 Å². The summed E-state index contributed by atoms with van der Waals surface area (Å²) in [4.78, 5) is 18.4. The zero-order chi connectivity index (χ0) is 31.3. The van der Waals surface area contributed by atoms with Gasteiger partial charge in [0.15, 0.2) is 5.60 Å². The zero-order valence-electron chi connectivity index (χ0n) is 25.9. The number of carbonyl (C=O) groups is 1. The molecule has 2 aliphatic rings. The van der Waals surface area contributed by atoms with Crippen LogP contribution in [-0.4, -0.2) is 43.7 Å². The van der Waals surface area contributed by atoms with Gasteiger partial charge in [-0.05, 0) is 84.5 Å². The monoisotopic (exact) mass is 611 g/mol. The number of hydrogen-bond acceptors (Lipinski definition) is 4. The topological polar surface area (TPSA) is 44.8 Å². The summed E-state index contributed by atoms with van der Waals surface area (Å²) in [6, 6.07) is 41.6. The zero-order valence-corrected chi connectivity index (χ0v) is 25.9. The Balaban J connectivity index is 0.990. The van der Waals surface area contributed by atoms with Gasteiger partial charge in [0.2, 0.25) is 0 Å². The highest BCUT2D eigenvalue weighted by Crippen LogP contribution is 2.52. The number of hydrogen-bond donors (Lipinski definition) is 1. The van der Waals surface area contributed by atoms with Crippen molar-refractivity contribution in [2.75, 3.05) is 42.9 Å². The molecule has 1 heterocycles. The third kappa shape index (κ3) is 6.13. The number of nitrogens with zero attached hydrogens (tertiary/aromatic N) is 2. The Bertz CT molecular complexity index is 1740. The number of benzene rings is 5. The molecule has 0 radical (unpaired) electrons. The second-order valence-corrected chi connectivity index (χ2v) is 12.1. The van der Waals surface area contributed by atoms with Crippen molar-refractivity contribution in [3.05, 3.63) is 144 Å². The molecule has 0 unspecified atom stereocenters. The van der Waals surface area contributed by atoms with Crippen LogP contribution >= 0.6 is 0 Å². The number of amides is 1. The molecule has 6 heteroatoms. The van der Waals surface area contributed by atoms with Gasteiger partial charge < -0.3 is 9.64 Å². The molecule has 46 heavy (non-hydrogen) atoms. The van der Waals surface area contributed by atoms with Crippen molar-refractivity contribution >= 4 is 17.5 Å². The standard InChI is InChI=1S/C40H38FN3O2/c41-32-18-20-33(21-19-32)42-39(45)46-40(37-14-6-4-12-35(37)36-13-5-7-15-38(36)40)24-8-9-25-43-26-28-44(29-27-43)34-22-16-31(17-23-34)30-10-2-1-3-11-30/h1-7,10-23H,8-9,24-29H2,(H,42,45). The van der Waals surface area contributed by atoms with E-state index in [1.807, 2.05) is 30.3 Å². The number of ether oxygens (including phenoxy) is 1. The Labute approximate surface area is 270 Å². The van der Waals surface area contributed by atoms with Crippen molar-refractivity contribution in [2.24, 2.45) is 0 Å². The molecule has 0 spiro atoms. The SMILES string of the molecule is O=C(Nc1ccc(F)cc1)OC1(CCCCN2CCN(c3ccc(-c4ccccc4)cc3)CC2)c2ccccc2-c2ccccc21. The summed E-state index contributed by atoms with van der Waals surface area (Å²) in [7, 11) is 0. The van der Waals surface area contributed by atoms with E-state index in [9.17, 15) is 9.18 Å². The van der Waals surface area contributed by atoms with Crippen LogP contribution in [-0.2, 0) is 10.3 Å². The summed E-state index contributed by atoms with van der Waals surface area (Å²) in [5, 5.41) is 2.81. The molecule has 0 aromatic heterocycles. The minimum absolute atomic E-state index is 0.354. The van der Waals surface area contributed by atoms with Crippen molar-refractivity contribution in [2.45, 2.75) is 24.9 Å². The van der Waals surface area contributed by atoms with E-state index in [4.69, 9.17) is 4.74 Å². The lowest BCUT2D eigenvalue weighted by atomic mass is 9.86. The quantitative estimate of drug-likeness (QED) is 0.169. The molecule has 1 fully saturated rings. The van der Waals surface area contributed by atoms with Crippen molar-refractivity contribution < 1.29 is 13.9 Å². The Morgan fingerprint density at radius 3 is 1.91 bits per heavy atom. The van der Waals surface area contributed by atoms with Gasteiger partial charge in [-0.25, -0.2) is 9.18 Å². The van der Waals surface area contributed by atoms with Crippen LogP contribution in [0.25, 0.3) is 22.3 Å². The predicted octanol–water partition coefficient (Wildman–Crippen LogP) is 8.96. The molecule has 5 aromatic carbocycles. The fraction of sp³-hybridized carbons (Fsp3) is 0.225. The number of halogens is 1. The third-order valence-corrected chi connectivity index (χ3v) is 9.34. The van der Waals surface area contributed by atoms with E-state index < -0.39 is 11.7 Å². The average molecular weight is 612 g/mol. The molecule has 1 saturated heterocycles. The predicted molar refractivity (Wildman–Crippen MR) is 184 cm³/mol. The molecule has 1 N–H and O–H groups in total. The van der Waals surface area contributed by atoms with Crippen LogP contribution in [0.1, 0.15) is 30.4 Å². The van der Waals surface area contributed by atoms with E-state index in [2.05, 4.69) is 87.9 Å². The summed E-state index contributed by atoms with van der Waals surface area (Å²) in [5.74, 6) is -0.354. The van der Waals surface area contributed by atoms with Gasteiger partial charge in [0.1, 0.15) is 5.82 Å². The fourth-order valence-corrected chi connectivity index (χ4v) is 6.98. The molecule has 5 aromatic rings. The van der Waals surface area contributed by atoms with Gasteiger partial charge in [-0.1, -0.05) is 91.0 Å². The molecule has 232 valence electrons. The number of rotatable bonds is 9. The van der Waals surface area contributed by atoms with Crippen LogP contribution in [0.4, 0.5) is 20.6 Å². The fourth-order valence-electron chi connectivity index (χ4n) is 6.98. The van der Waals surface area contributed by atoms with E-state index in [1.54, 1.807) is 12.1 Å². The highest BCUT2D eigenvalue weighted by atomic mass is 19.1.